The van der Waals surface area contributed by atoms with Crippen molar-refractivity contribution in [1.82, 2.24) is 10.2 Å². The average molecular weight is 601 g/mol. The van der Waals surface area contributed by atoms with Crippen molar-refractivity contribution in [2.75, 3.05) is 93.1 Å². The van der Waals surface area contributed by atoms with Gasteiger partial charge in [-0.3, -0.25) is 9.69 Å². The van der Waals surface area contributed by atoms with Gasteiger partial charge in [-0.1, -0.05) is 24.3 Å². The highest BCUT2D eigenvalue weighted by Crippen LogP contribution is 2.31. The molecular weight excluding hydrogens is 556 g/mol. The van der Waals surface area contributed by atoms with E-state index in [4.69, 9.17) is 9.47 Å². The first-order valence-corrected chi connectivity index (χ1v) is 15.4. The SMILES string of the molecule is COc1ccccc1N1CCN(c2ccc(NC(=O)Nc3cccc(C)c3C)cc2C(=O)NCCCN2CCOCC2)CC1. The molecule has 0 unspecified atom stereocenters. The summed E-state index contributed by atoms with van der Waals surface area (Å²) in [4.78, 5) is 33.5. The van der Waals surface area contributed by atoms with E-state index in [2.05, 4.69) is 36.7 Å². The number of hydrogen-bond acceptors (Lipinski definition) is 7. The number of carbonyl (C=O) groups excluding carboxylic acids is 2. The van der Waals surface area contributed by atoms with Gasteiger partial charge in [0.05, 0.1) is 31.6 Å². The lowest BCUT2D eigenvalue weighted by atomic mass is 10.1. The van der Waals surface area contributed by atoms with Crippen molar-refractivity contribution in [2.45, 2.75) is 20.3 Å². The standard InChI is InChI=1S/C34H44N6O4/c1-25-8-6-9-29(26(25)2)37-34(42)36-27-12-13-30(28(24-27)33(41)35-14-7-15-38-20-22-44-23-21-38)39-16-18-40(19-17-39)31-10-4-5-11-32(31)43-3/h4-6,8-13,24H,7,14-23H2,1-3H3,(H,35,41)(H2,36,37,42). The van der Waals surface area contributed by atoms with Crippen LogP contribution in [0.25, 0.3) is 0 Å². The molecule has 2 fully saturated rings. The van der Waals surface area contributed by atoms with Gasteiger partial charge < -0.3 is 35.2 Å². The fourth-order valence-electron chi connectivity index (χ4n) is 5.75. The number of hydrogen-bond donors (Lipinski definition) is 3. The molecule has 10 nitrogen and oxygen atoms in total. The van der Waals surface area contributed by atoms with Crippen LogP contribution in [0.3, 0.4) is 0 Å². The molecule has 2 aliphatic rings. The molecule has 3 aromatic rings. The summed E-state index contributed by atoms with van der Waals surface area (Å²) >= 11 is 0. The van der Waals surface area contributed by atoms with Gasteiger partial charge in [0.2, 0.25) is 0 Å². The molecule has 44 heavy (non-hydrogen) atoms. The molecular formula is C34H44N6O4. The summed E-state index contributed by atoms with van der Waals surface area (Å²) in [6.07, 6.45) is 0.856. The van der Waals surface area contributed by atoms with Gasteiger partial charge in [-0.05, 0) is 74.3 Å². The molecule has 0 spiro atoms. The van der Waals surface area contributed by atoms with Crippen LogP contribution in [0, 0.1) is 13.8 Å². The highest BCUT2D eigenvalue weighted by molar-refractivity contribution is 6.04. The van der Waals surface area contributed by atoms with E-state index in [0.717, 1.165) is 99.4 Å². The van der Waals surface area contributed by atoms with Gasteiger partial charge in [-0.15, -0.1) is 0 Å². The first-order valence-electron chi connectivity index (χ1n) is 15.4. The van der Waals surface area contributed by atoms with Crippen LogP contribution in [0.4, 0.5) is 27.5 Å². The molecule has 0 saturated carbocycles. The predicted octanol–water partition coefficient (Wildman–Crippen LogP) is 4.73. The Morgan fingerprint density at radius 3 is 2.32 bits per heavy atom. The number of rotatable bonds is 10. The van der Waals surface area contributed by atoms with Gasteiger partial charge in [-0.2, -0.15) is 0 Å². The van der Waals surface area contributed by atoms with Gasteiger partial charge >= 0.3 is 6.03 Å². The molecule has 0 aliphatic carbocycles. The number of benzene rings is 3. The molecule has 0 atom stereocenters. The van der Waals surface area contributed by atoms with Crippen molar-refractivity contribution in [3.63, 3.8) is 0 Å². The maximum Gasteiger partial charge on any atom is 0.323 e. The van der Waals surface area contributed by atoms with E-state index in [-0.39, 0.29) is 11.9 Å². The number of nitrogens with one attached hydrogen (secondary N) is 3. The number of nitrogens with zero attached hydrogens (tertiary/aromatic N) is 3. The van der Waals surface area contributed by atoms with Gasteiger partial charge in [-0.25, -0.2) is 4.79 Å². The first-order chi connectivity index (χ1) is 21.4. The van der Waals surface area contributed by atoms with Gasteiger partial charge in [0.15, 0.2) is 0 Å². The minimum atomic E-state index is -0.353. The monoisotopic (exact) mass is 600 g/mol. The zero-order valence-corrected chi connectivity index (χ0v) is 26.0. The van der Waals surface area contributed by atoms with Crippen molar-refractivity contribution in [3.05, 3.63) is 77.4 Å². The molecule has 3 N–H and O–H groups in total. The molecule has 234 valence electrons. The van der Waals surface area contributed by atoms with Crippen LogP contribution >= 0.6 is 0 Å². The van der Waals surface area contributed by atoms with Gasteiger partial charge in [0.25, 0.3) is 5.91 Å². The summed E-state index contributed by atoms with van der Waals surface area (Å²) in [5, 5.41) is 8.99. The Kier molecular flexibility index (Phi) is 10.6. The first kappa shape index (κ1) is 31.2. The van der Waals surface area contributed by atoms with Crippen LogP contribution in [-0.4, -0.2) is 89.5 Å². The lowest BCUT2D eigenvalue weighted by molar-refractivity contribution is 0.0374. The average Bonchev–Trinajstić information content (AvgIpc) is 3.05. The van der Waals surface area contributed by atoms with Crippen LogP contribution in [-0.2, 0) is 4.74 Å². The second kappa shape index (κ2) is 14.9. The Morgan fingerprint density at radius 1 is 0.841 bits per heavy atom. The van der Waals surface area contributed by atoms with Crippen LogP contribution in [0.15, 0.2) is 60.7 Å². The number of methoxy groups -OCH3 is 1. The van der Waals surface area contributed by atoms with E-state index in [0.29, 0.717) is 17.8 Å². The third-order valence-electron chi connectivity index (χ3n) is 8.44. The topological polar surface area (TPSA) is 98.4 Å². The van der Waals surface area contributed by atoms with E-state index in [1.807, 2.05) is 62.4 Å². The zero-order chi connectivity index (χ0) is 30.9. The number of morpholine rings is 1. The van der Waals surface area contributed by atoms with E-state index < -0.39 is 0 Å². The summed E-state index contributed by atoms with van der Waals surface area (Å²) < 4.78 is 11.0. The molecule has 2 heterocycles. The van der Waals surface area contributed by atoms with Crippen molar-refractivity contribution >= 4 is 34.7 Å². The van der Waals surface area contributed by atoms with Crippen molar-refractivity contribution < 1.29 is 19.1 Å². The molecule has 5 rings (SSSR count). The third kappa shape index (κ3) is 7.81. The van der Waals surface area contributed by atoms with Crippen molar-refractivity contribution in [3.8, 4) is 5.75 Å². The highest BCUT2D eigenvalue weighted by Gasteiger charge is 2.24. The summed E-state index contributed by atoms with van der Waals surface area (Å²) in [7, 11) is 1.69. The van der Waals surface area contributed by atoms with Crippen molar-refractivity contribution in [1.29, 1.82) is 0 Å². The Hall–Kier alpha value is -4.28. The molecule has 0 bridgehead atoms. The lowest BCUT2D eigenvalue weighted by Crippen LogP contribution is -2.47. The maximum absolute atomic E-state index is 13.6. The fraction of sp³-hybridized carbons (Fsp3) is 0.412. The molecule has 2 saturated heterocycles. The highest BCUT2D eigenvalue weighted by atomic mass is 16.5. The second-order valence-electron chi connectivity index (χ2n) is 11.3. The second-order valence-corrected chi connectivity index (χ2v) is 11.3. The molecule has 2 aliphatic heterocycles. The minimum absolute atomic E-state index is 0.146. The van der Waals surface area contributed by atoms with E-state index in [1.165, 1.54) is 0 Å². The Balaban J connectivity index is 1.28. The molecule has 3 aromatic carbocycles. The molecule has 0 radical (unpaired) electrons. The zero-order valence-electron chi connectivity index (χ0n) is 26.0. The number of carbonyl (C=O) groups is 2. The van der Waals surface area contributed by atoms with E-state index in [1.54, 1.807) is 13.2 Å². The fourth-order valence-corrected chi connectivity index (χ4v) is 5.75. The van der Waals surface area contributed by atoms with Crippen LogP contribution in [0.1, 0.15) is 27.9 Å². The Bertz CT molecular complexity index is 1430. The van der Waals surface area contributed by atoms with Crippen LogP contribution in [0.5, 0.6) is 5.75 Å². The van der Waals surface area contributed by atoms with Crippen molar-refractivity contribution in [2.24, 2.45) is 0 Å². The maximum atomic E-state index is 13.6. The van der Waals surface area contributed by atoms with E-state index >= 15 is 0 Å². The summed E-state index contributed by atoms with van der Waals surface area (Å²) in [6, 6.07) is 19.1. The summed E-state index contributed by atoms with van der Waals surface area (Å²) in [6.45, 7) is 11.9. The Labute approximate surface area is 260 Å². The van der Waals surface area contributed by atoms with Crippen LogP contribution < -0.4 is 30.5 Å². The minimum Gasteiger partial charge on any atom is -0.495 e. The third-order valence-corrected chi connectivity index (χ3v) is 8.44. The number of urea groups is 1. The molecule has 3 amide bonds. The van der Waals surface area contributed by atoms with E-state index in [9.17, 15) is 9.59 Å². The number of para-hydroxylation sites is 2. The summed E-state index contributed by atoms with van der Waals surface area (Å²) in [5.74, 6) is 0.709. The molecule has 10 heteroatoms. The number of piperazine rings is 1. The van der Waals surface area contributed by atoms with Gasteiger partial charge in [0, 0.05) is 62.9 Å². The lowest BCUT2D eigenvalue weighted by Gasteiger charge is -2.38. The largest absolute Gasteiger partial charge is 0.495 e. The number of amides is 3. The smallest absolute Gasteiger partial charge is 0.323 e. The van der Waals surface area contributed by atoms with Crippen LogP contribution in [0.2, 0.25) is 0 Å². The number of anilines is 4. The number of aryl methyl sites for hydroxylation is 1. The number of ether oxygens (including phenoxy) is 2. The summed E-state index contributed by atoms with van der Waals surface area (Å²) in [5.41, 5.74) is 5.91. The predicted molar refractivity (Wildman–Crippen MR) is 177 cm³/mol. The molecule has 0 aromatic heterocycles. The quantitative estimate of drug-likeness (QED) is 0.290. The Morgan fingerprint density at radius 2 is 1.57 bits per heavy atom. The normalized spacial score (nSPS) is 15.5. The van der Waals surface area contributed by atoms with Gasteiger partial charge in [0.1, 0.15) is 5.75 Å².